The van der Waals surface area contributed by atoms with Crippen molar-refractivity contribution >= 4 is 40.3 Å². The molecule has 1 aliphatic rings. The second kappa shape index (κ2) is 7.84. The average molecular weight is 449 g/mol. The molecule has 2 heterocycles. The van der Waals surface area contributed by atoms with Crippen LogP contribution in [-0.4, -0.2) is 33.4 Å². The Morgan fingerprint density at radius 1 is 1.06 bits per heavy atom. The van der Waals surface area contributed by atoms with Gasteiger partial charge in [-0.2, -0.15) is 13.2 Å². The van der Waals surface area contributed by atoms with E-state index in [2.05, 4.69) is 4.98 Å². The number of carbonyl (C=O) groups excluding carboxylic acids is 2. The molecule has 3 aromatic rings. The summed E-state index contributed by atoms with van der Waals surface area (Å²) >= 11 is -0.287. The number of pyridine rings is 1. The monoisotopic (exact) mass is 449 g/mol. The lowest BCUT2D eigenvalue weighted by atomic mass is 10.1. The lowest BCUT2D eigenvalue weighted by Gasteiger charge is -2.20. The van der Waals surface area contributed by atoms with Crippen LogP contribution in [0.25, 0.3) is 10.9 Å². The Hall–Kier alpha value is -3.14. The first kappa shape index (κ1) is 21.1. The molecule has 2 aromatic carbocycles. The van der Waals surface area contributed by atoms with Gasteiger partial charge in [0, 0.05) is 15.8 Å². The minimum atomic E-state index is -4.44. The van der Waals surface area contributed by atoms with Crippen LogP contribution in [0.2, 0.25) is 0 Å². The normalized spacial score (nSPS) is 17.1. The molecule has 3 amide bonds. The lowest BCUT2D eigenvalue weighted by Crippen LogP contribution is -2.33. The van der Waals surface area contributed by atoms with Gasteiger partial charge in [-0.05, 0) is 49.0 Å². The van der Waals surface area contributed by atoms with Crippen molar-refractivity contribution < 1.29 is 27.2 Å². The van der Waals surface area contributed by atoms with Crippen molar-refractivity contribution in [1.29, 1.82) is 0 Å². The standard InChI is InChI=1S/C21H15F4N3O2S/c1-12-19(29)28(13-6-8-14(9-7-13)31-21(23,24)25)20(30)27(12)11-16-15-4-2-3-5-18(15)26-10-17(16)22/h2-10,12H,11H2,1H3. The Morgan fingerprint density at radius 3 is 2.42 bits per heavy atom. The summed E-state index contributed by atoms with van der Waals surface area (Å²) in [6.45, 7) is 1.37. The number of fused-ring (bicyclic) bond motifs is 1. The number of aromatic nitrogens is 1. The molecule has 1 atom stereocenters. The second-order valence-corrected chi connectivity index (χ2v) is 8.04. The molecule has 4 rings (SSSR count). The SMILES string of the molecule is CC1C(=O)N(c2ccc(SC(F)(F)F)cc2)C(=O)N1Cc1c(F)cnc2ccccc12. The van der Waals surface area contributed by atoms with Gasteiger partial charge in [0.25, 0.3) is 5.91 Å². The zero-order valence-corrected chi connectivity index (χ0v) is 16.9. The van der Waals surface area contributed by atoms with Crippen LogP contribution in [0.15, 0.2) is 59.6 Å². The number of rotatable bonds is 4. The molecule has 0 saturated carbocycles. The number of carbonyl (C=O) groups is 2. The third kappa shape index (κ3) is 4.07. The van der Waals surface area contributed by atoms with Crippen molar-refractivity contribution in [3.05, 3.63) is 66.1 Å². The Bertz CT molecular complexity index is 1170. The minimum absolute atomic E-state index is 0.0643. The van der Waals surface area contributed by atoms with Crippen LogP contribution in [0, 0.1) is 5.82 Å². The Balaban J connectivity index is 1.62. The van der Waals surface area contributed by atoms with Gasteiger partial charge in [-0.3, -0.25) is 9.78 Å². The van der Waals surface area contributed by atoms with E-state index < -0.39 is 29.3 Å². The highest BCUT2D eigenvalue weighted by Crippen LogP contribution is 2.38. The van der Waals surface area contributed by atoms with Crippen LogP contribution in [0.5, 0.6) is 0 Å². The molecule has 1 saturated heterocycles. The average Bonchev–Trinajstić information content (AvgIpc) is 2.93. The largest absolute Gasteiger partial charge is 0.446 e. The molecule has 160 valence electrons. The molecule has 0 radical (unpaired) electrons. The first-order valence-corrected chi connectivity index (χ1v) is 10.00. The third-order valence-electron chi connectivity index (χ3n) is 4.97. The fraction of sp³-hybridized carbons (Fsp3) is 0.190. The van der Waals surface area contributed by atoms with E-state index in [-0.39, 0.29) is 34.5 Å². The van der Waals surface area contributed by atoms with E-state index in [0.717, 1.165) is 11.1 Å². The number of para-hydroxylation sites is 1. The van der Waals surface area contributed by atoms with Crippen molar-refractivity contribution in [2.24, 2.45) is 0 Å². The molecule has 1 aliphatic heterocycles. The lowest BCUT2D eigenvalue weighted by molar-refractivity contribution is -0.119. The van der Waals surface area contributed by atoms with E-state index in [1.165, 1.54) is 36.1 Å². The predicted molar refractivity (Wildman–Crippen MR) is 108 cm³/mol. The van der Waals surface area contributed by atoms with Crippen molar-refractivity contribution in [3.8, 4) is 0 Å². The van der Waals surface area contributed by atoms with E-state index in [4.69, 9.17) is 0 Å². The summed E-state index contributed by atoms with van der Waals surface area (Å²) in [6.07, 6.45) is 1.07. The fourth-order valence-corrected chi connectivity index (χ4v) is 3.99. The topological polar surface area (TPSA) is 53.5 Å². The highest BCUT2D eigenvalue weighted by Gasteiger charge is 2.43. The quantitative estimate of drug-likeness (QED) is 0.306. The molecule has 1 unspecified atom stereocenters. The van der Waals surface area contributed by atoms with E-state index in [9.17, 15) is 27.2 Å². The molecule has 0 bridgehead atoms. The fourth-order valence-electron chi connectivity index (χ4n) is 3.45. The van der Waals surface area contributed by atoms with Crippen molar-refractivity contribution in [2.75, 3.05) is 4.90 Å². The number of benzene rings is 2. The number of hydrogen-bond donors (Lipinski definition) is 0. The Kier molecular flexibility index (Phi) is 5.34. The van der Waals surface area contributed by atoms with Crippen molar-refractivity contribution in [1.82, 2.24) is 9.88 Å². The van der Waals surface area contributed by atoms with Crippen LogP contribution in [0.4, 0.5) is 28.0 Å². The summed E-state index contributed by atoms with van der Waals surface area (Å²) in [6, 6.07) is 10.3. The summed E-state index contributed by atoms with van der Waals surface area (Å²) in [5, 5.41) is 0.530. The van der Waals surface area contributed by atoms with Crippen molar-refractivity contribution in [3.63, 3.8) is 0 Å². The highest BCUT2D eigenvalue weighted by atomic mass is 32.2. The molecule has 1 fully saturated rings. The summed E-state index contributed by atoms with van der Waals surface area (Å²) in [4.78, 5) is 31.8. The number of alkyl halides is 3. The molecule has 5 nitrogen and oxygen atoms in total. The van der Waals surface area contributed by atoms with Crippen molar-refractivity contribution in [2.45, 2.75) is 29.9 Å². The molecule has 0 N–H and O–H groups in total. The van der Waals surface area contributed by atoms with Gasteiger partial charge in [0.2, 0.25) is 0 Å². The van der Waals surface area contributed by atoms with E-state index in [1.54, 1.807) is 24.3 Å². The van der Waals surface area contributed by atoms with Gasteiger partial charge >= 0.3 is 11.5 Å². The smallest absolute Gasteiger partial charge is 0.308 e. The second-order valence-electron chi connectivity index (χ2n) is 6.90. The zero-order valence-electron chi connectivity index (χ0n) is 16.1. The number of hydrogen-bond acceptors (Lipinski definition) is 4. The van der Waals surface area contributed by atoms with Crippen LogP contribution < -0.4 is 4.90 Å². The van der Waals surface area contributed by atoms with Gasteiger partial charge in [0.15, 0.2) is 0 Å². The van der Waals surface area contributed by atoms with Crippen LogP contribution in [-0.2, 0) is 11.3 Å². The summed E-state index contributed by atoms with van der Waals surface area (Å²) in [5.74, 6) is -1.14. The molecule has 10 heteroatoms. The van der Waals surface area contributed by atoms with Crippen LogP contribution >= 0.6 is 11.8 Å². The summed E-state index contributed by atoms with van der Waals surface area (Å²) in [7, 11) is 0. The van der Waals surface area contributed by atoms with Gasteiger partial charge < -0.3 is 4.90 Å². The third-order valence-corrected chi connectivity index (χ3v) is 5.71. The Morgan fingerprint density at radius 2 is 1.74 bits per heavy atom. The van der Waals surface area contributed by atoms with Crippen LogP contribution in [0.3, 0.4) is 0 Å². The van der Waals surface area contributed by atoms with E-state index in [0.29, 0.717) is 10.9 Å². The summed E-state index contributed by atoms with van der Waals surface area (Å²) < 4.78 is 52.1. The maximum atomic E-state index is 14.5. The molecule has 0 spiro atoms. The maximum Gasteiger partial charge on any atom is 0.446 e. The van der Waals surface area contributed by atoms with E-state index >= 15 is 0 Å². The van der Waals surface area contributed by atoms with Gasteiger partial charge in [-0.25, -0.2) is 14.1 Å². The van der Waals surface area contributed by atoms with Gasteiger partial charge in [0.1, 0.15) is 11.9 Å². The number of urea groups is 1. The number of thioether (sulfide) groups is 1. The molecule has 1 aromatic heterocycles. The summed E-state index contributed by atoms with van der Waals surface area (Å²) in [5.41, 5.74) is -3.50. The zero-order chi connectivity index (χ0) is 22.3. The van der Waals surface area contributed by atoms with Gasteiger partial charge in [-0.15, -0.1) is 0 Å². The number of amides is 3. The molecular weight excluding hydrogens is 434 g/mol. The first-order chi connectivity index (χ1) is 14.7. The van der Waals surface area contributed by atoms with E-state index in [1.807, 2.05) is 0 Å². The highest BCUT2D eigenvalue weighted by molar-refractivity contribution is 8.00. The maximum absolute atomic E-state index is 14.5. The molecular formula is C21H15F4N3O2S. The van der Waals surface area contributed by atoms with Gasteiger partial charge in [-0.1, -0.05) is 18.2 Å². The first-order valence-electron chi connectivity index (χ1n) is 9.18. The predicted octanol–water partition coefficient (Wildman–Crippen LogP) is 5.34. The molecule has 31 heavy (non-hydrogen) atoms. The van der Waals surface area contributed by atoms with Crippen LogP contribution in [0.1, 0.15) is 12.5 Å². The molecule has 0 aliphatic carbocycles. The number of halogens is 4. The number of imide groups is 1. The van der Waals surface area contributed by atoms with Gasteiger partial charge in [0.05, 0.1) is 23.9 Å². The minimum Gasteiger partial charge on any atom is -0.308 e. The number of nitrogens with zero attached hydrogens (tertiary/aromatic N) is 3. The Labute approximate surface area is 178 Å². The number of anilines is 1.